The van der Waals surface area contributed by atoms with Crippen LogP contribution in [0, 0.1) is 11.3 Å². The molecule has 0 aromatic carbocycles. The van der Waals surface area contributed by atoms with Crippen molar-refractivity contribution < 1.29 is 8.78 Å². The van der Waals surface area contributed by atoms with Crippen LogP contribution in [-0.4, -0.2) is 10.5 Å². The van der Waals surface area contributed by atoms with Crippen LogP contribution in [0.1, 0.15) is 32.1 Å². The molecule has 1 heterocycles. The molecule has 0 bridgehead atoms. The van der Waals surface area contributed by atoms with Crippen LogP contribution >= 0.6 is 15.9 Å². The summed E-state index contributed by atoms with van der Waals surface area (Å²) in [5.74, 6) is -2.08. The maximum atomic E-state index is 13.3. The lowest BCUT2D eigenvalue weighted by Gasteiger charge is -2.29. The van der Waals surface area contributed by atoms with E-state index in [1.54, 1.807) is 16.8 Å². The Bertz CT molecular complexity index is 547. The van der Waals surface area contributed by atoms with Crippen molar-refractivity contribution in [3.05, 3.63) is 33.2 Å². The van der Waals surface area contributed by atoms with Gasteiger partial charge in [-0.1, -0.05) is 0 Å². The quantitative estimate of drug-likeness (QED) is 0.807. The van der Waals surface area contributed by atoms with E-state index < -0.39 is 11.3 Å². The second kappa shape index (κ2) is 4.40. The Labute approximate surface area is 118 Å². The fraction of sp³-hybridized carbons (Fsp3) is 0.643. The number of alkyl halides is 2. The molecule has 2 nitrogen and oxygen atoms in total. The van der Waals surface area contributed by atoms with Gasteiger partial charge in [0.05, 0.1) is 4.47 Å². The molecule has 2 fully saturated rings. The standard InChI is InChI=1S/C14H16BrF2NO/c15-11-2-1-7-18(12(11)19)8-10-3-5-13(6-4-10)9-14(13,16)17/h1-2,7,10H,3-6,8-9H2. The maximum Gasteiger partial charge on any atom is 0.264 e. The zero-order valence-electron chi connectivity index (χ0n) is 10.5. The van der Waals surface area contributed by atoms with Gasteiger partial charge in [0.15, 0.2) is 0 Å². The first kappa shape index (κ1) is 13.3. The Morgan fingerprint density at radius 2 is 2.00 bits per heavy atom. The summed E-state index contributed by atoms with van der Waals surface area (Å²) in [6.07, 6.45) is 4.65. The summed E-state index contributed by atoms with van der Waals surface area (Å²) in [6, 6.07) is 3.55. The fourth-order valence-electron chi connectivity index (χ4n) is 3.27. The molecular weight excluding hydrogens is 316 g/mol. The molecule has 3 rings (SSSR count). The number of hydrogen-bond donors (Lipinski definition) is 0. The number of halogens is 3. The Morgan fingerprint density at radius 1 is 1.37 bits per heavy atom. The summed E-state index contributed by atoms with van der Waals surface area (Å²) in [6.45, 7) is 0.639. The molecule has 0 radical (unpaired) electrons. The lowest BCUT2D eigenvalue weighted by molar-refractivity contribution is 0.0391. The van der Waals surface area contributed by atoms with Crippen molar-refractivity contribution in [3.63, 3.8) is 0 Å². The molecule has 5 heteroatoms. The van der Waals surface area contributed by atoms with Gasteiger partial charge in [-0.2, -0.15) is 0 Å². The zero-order chi connectivity index (χ0) is 13.7. The third-order valence-corrected chi connectivity index (χ3v) is 5.31. The van der Waals surface area contributed by atoms with Crippen molar-refractivity contribution in [2.75, 3.05) is 0 Å². The highest BCUT2D eigenvalue weighted by atomic mass is 79.9. The highest BCUT2D eigenvalue weighted by Gasteiger charge is 2.70. The Balaban J connectivity index is 1.64. The minimum absolute atomic E-state index is 0.0421. The maximum absolute atomic E-state index is 13.3. The highest BCUT2D eigenvalue weighted by Crippen LogP contribution is 2.67. The van der Waals surface area contributed by atoms with Crippen molar-refractivity contribution in [1.29, 1.82) is 0 Å². The first-order chi connectivity index (χ1) is 8.94. The summed E-state index contributed by atoms with van der Waals surface area (Å²) in [5, 5.41) is 0. The summed E-state index contributed by atoms with van der Waals surface area (Å²) in [5.41, 5.74) is -0.731. The SMILES string of the molecule is O=c1c(Br)cccn1CC1CCC2(CC1)CC2(F)F. The van der Waals surface area contributed by atoms with Gasteiger partial charge in [-0.25, -0.2) is 8.78 Å². The third-order valence-electron chi connectivity index (χ3n) is 4.70. The van der Waals surface area contributed by atoms with Crippen molar-refractivity contribution in [1.82, 2.24) is 4.57 Å². The van der Waals surface area contributed by atoms with E-state index >= 15 is 0 Å². The molecule has 1 aromatic rings. The molecule has 2 saturated carbocycles. The van der Waals surface area contributed by atoms with Crippen molar-refractivity contribution in [2.24, 2.45) is 11.3 Å². The molecule has 0 unspecified atom stereocenters. The first-order valence-corrected chi connectivity index (χ1v) is 7.46. The van der Waals surface area contributed by atoms with Gasteiger partial charge < -0.3 is 4.57 Å². The predicted molar refractivity (Wildman–Crippen MR) is 72.4 cm³/mol. The molecule has 0 N–H and O–H groups in total. The smallest absolute Gasteiger partial charge is 0.264 e. The molecule has 1 spiro atoms. The predicted octanol–water partition coefficient (Wildman–Crippen LogP) is 3.83. The van der Waals surface area contributed by atoms with E-state index in [2.05, 4.69) is 15.9 Å². The molecule has 1 aromatic heterocycles. The minimum Gasteiger partial charge on any atom is -0.314 e. The van der Waals surface area contributed by atoms with Gasteiger partial charge in [-0.3, -0.25) is 4.79 Å². The number of aromatic nitrogens is 1. The van der Waals surface area contributed by atoms with Crippen molar-refractivity contribution in [3.8, 4) is 0 Å². The number of hydrogen-bond acceptors (Lipinski definition) is 1. The van der Waals surface area contributed by atoms with E-state index in [4.69, 9.17) is 0 Å². The largest absolute Gasteiger partial charge is 0.314 e. The van der Waals surface area contributed by atoms with Crippen LogP contribution < -0.4 is 5.56 Å². The van der Waals surface area contributed by atoms with Crippen LogP contribution in [0.5, 0.6) is 0 Å². The van der Waals surface area contributed by atoms with Gasteiger partial charge in [0.2, 0.25) is 0 Å². The van der Waals surface area contributed by atoms with E-state index in [1.807, 2.05) is 6.07 Å². The zero-order valence-corrected chi connectivity index (χ0v) is 12.1. The minimum atomic E-state index is -2.43. The Kier molecular flexibility index (Phi) is 3.08. The van der Waals surface area contributed by atoms with E-state index in [-0.39, 0.29) is 12.0 Å². The molecule has 0 atom stereocenters. The van der Waals surface area contributed by atoms with Crippen molar-refractivity contribution in [2.45, 2.75) is 44.6 Å². The van der Waals surface area contributed by atoms with Crippen LogP contribution in [0.15, 0.2) is 27.6 Å². The summed E-state index contributed by atoms with van der Waals surface area (Å²) < 4.78 is 28.8. The van der Waals surface area contributed by atoms with Crippen LogP contribution in [0.25, 0.3) is 0 Å². The average molecular weight is 332 g/mol. The Hall–Kier alpha value is -0.710. The van der Waals surface area contributed by atoms with Crippen LogP contribution in [0.4, 0.5) is 8.78 Å². The molecule has 0 aliphatic heterocycles. The molecular formula is C14H16BrF2NO. The molecule has 0 saturated heterocycles. The second-order valence-electron chi connectivity index (χ2n) is 5.92. The van der Waals surface area contributed by atoms with Gasteiger partial charge in [0, 0.05) is 24.6 Å². The Morgan fingerprint density at radius 3 is 2.58 bits per heavy atom. The van der Waals surface area contributed by atoms with Gasteiger partial charge in [-0.15, -0.1) is 0 Å². The summed E-state index contributed by atoms with van der Waals surface area (Å²) >= 11 is 3.22. The lowest BCUT2D eigenvalue weighted by atomic mass is 9.79. The molecule has 2 aliphatic carbocycles. The van der Waals surface area contributed by atoms with Gasteiger partial charge >= 0.3 is 0 Å². The van der Waals surface area contributed by atoms with Gasteiger partial charge in [-0.05, 0) is 59.7 Å². The number of nitrogens with zero attached hydrogens (tertiary/aromatic N) is 1. The van der Waals surface area contributed by atoms with Crippen LogP contribution in [0.3, 0.4) is 0 Å². The van der Waals surface area contributed by atoms with E-state index in [0.29, 0.717) is 29.8 Å². The normalized spacial score (nSPS) is 32.5. The van der Waals surface area contributed by atoms with E-state index in [0.717, 1.165) is 12.8 Å². The van der Waals surface area contributed by atoms with Crippen molar-refractivity contribution >= 4 is 15.9 Å². The van der Waals surface area contributed by atoms with Gasteiger partial charge in [0.1, 0.15) is 0 Å². The van der Waals surface area contributed by atoms with Crippen LogP contribution in [-0.2, 0) is 6.54 Å². The van der Waals surface area contributed by atoms with E-state index in [9.17, 15) is 13.6 Å². The van der Waals surface area contributed by atoms with Gasteiger partial charge in [0.25, 0.3) is 11.5 Å². The van der Waals surface area contributed by atoms with Crippen LogP contribution in [0.2, 0.25) is 0 Å². The second-order valence-corrected chi connectivity index (χ2v) is 6.77. The molecule has 104 valence electrons. The number of rotatable bonds is 2. The topological polar surface area (TPSA) is 22.0 Å². The molecule has 2 aliphatic rings. The summed E-state index contributed by atoms with van der Waals surface area (Å²) in [7, 11) is 0. The molecule has 0 amide bonds. The summed E-state index contributed by atoms with van der Waals surface area (Å²) in [4.78, 5) is 11.9. The lowest BCUT2D eigenvalue weighted by Crippen LogP contribution is -2.28. The monoisotopic (exact) mass is 331 g/mol. The first-order valence-electron chi connectivity index (χ1n) is 6.66. The highest BCUT2D eigenvalue weighted by molar-refractivity contribution is 9.10. The molecule has 19 heavy (non-hydrogen) atoms. The fourth-order valence-corrected chi connectivity index (χ4v) is 3.65. The third kappa shape index (κ3) is 2.26. The average Bonchev–Trinajstić information content (AvgIpc) is 2.89. The van der Waals surface area contributed by atoms with E-state index in [1.165, 1.54) is 0 Å². The number of pyridine rings is 1.